The maximum absolute atomic E-state index is 12.5. The molecular weight excluding hydrogens is 365 g/mol. The monoisotopic (exact) mass is 376 g/mol. The average Bonchev–Trinajstić information content (AvgIpc) is 2.53. The average molecular weight is 376 g/mol. The fourth-order valence-electron chi connectivity index (χ4n) is 1.92. The molecule has 0 unspecified atom stereocenters. The van der Waals surface area contributed by atoms with Crippen LogP contribution in [0.2, 0.25) is 0 Å². The first-order chi connectivity index (χ1) is 11.5. The molecule has 0 atom stereocenters. The van der Waals surface area contributed by atoms with Crippen molar-refractivity contribution < 1.29 is 31.2 Å². The van der Waals surface area contributed by atoms with Gasteiger partial charge in [-0.2, -0.15) is 13.2 Å². The number of halogens is 3. The molecule has 0 aliphatic rings. The summed E-state index contributed by atoms with van der Waals surface area (Å²) < 4.78 is 69.2. The second kappa shape index (κ2) is 6.59. The fraction of sp³-hybridized carbons (Fsp3) is 0.143. The third-order valence-corrected chi connectivity index (χ3v) is 4.53. The van der Waals surface area contributed by atoms with Gasteiger partial charge in [-0.1, -0.05) is 0 Å². The molecule has 0 saturated carbocycles. The smallest absolute Gasteiger partial charge is 0.416 e. The minimum Gasteiger partial charge on any atom is -0.497 e. The lowest BCUT2D eigenvalue weighted by Crippen LogP contribution is -2.15. The number of rotatable bonds is 5. The minimum atomic E-state index is -4.57. The first-order valence-corrected chi connectivity index (χ1v) is 8.05. The summed E-state index contributed by atoms with van der Waals surface area (Å²) in [4.78, 5) is 9.47. The van der Waals surface area contributed by atoms with Crippen LogP contribution in [0.15, 0.2) is 47.4 Å². The molecule has 0 bridgehead atoms. The third-order valence-electron chi connectivity index (χ3n) is 3.12. The quantitative estimate of drug-likeness (QED) is 0.637. The predicted molar refractivity (Wildman–Crippen MR) is 81.9 cm³/mol. The summed E-state index contributed by atoms with van der Waals surface area (Å²) >= 11 is 0. The fourth-order valence-corrected chi connectivity index (χ4v) is 3.17. The van der Waals surface area contributed by atoms with E-state index in [0.29, 0.717) is 12.1 Å². The molecule has 0 amide bonds. The van der Waals surface area contributed by atoms with Crippen LogP contribution in [0.5, 0.6) is 5.75 Å². The summed E-state index contributed by atoms with van der Waals surface area (Å²) in [5.74, 6) is 0.0680. The lowest BCUT2D eigenvalue weighted by molar-refractivity contribution is -0.387. The van der Waals surface area contributed by atoms with E-state index < -0.39 is 37.3 Å². The van der Waals surface area contributed by atoms with Gasteiger partial charge in [0.1, 0.15) is 5.75 Å². The van der Waals surface area contributed by atoms with Crippen LogP contribution in [0.3, 0.4) is 0 Å². The Kier molecular flexibility index (Phi) is 4.88. The Morgan fingerprint density at radius 2 is 1.72 bits per heavy atom. The highest BCUT2D eigenvalue weighted by Gasteiger charge is 2.31. The molecule has 1 N–H and O–H groups in total. The molecule has 0 fully saturated rings. The Hall–Kier alpha value is -2.82. The van der Waals surface area contributed by atoms with Gasteiger partial charge in [-0.25, -0.2) is 8.42 Å². The van der Waals surface area contributed by atoms with E-state index in [0.717, 1.165) is 24.3 Å². The van der Waals surface area contributed by atoms with Gasteiger partial charge in [-0.05, 0) is 30.3 Å². The molecule has 2 aromatic carbocycles. The van der Waals surface area contributed by atoms with Gasteiger partial charge < -0.3 is 4.74 Å². The van der Waals surface area contributed by atoms with E-state index in [-0.39, 0.29) is 11.4 Å². The first-order valence-electron chi connectivity index (χ1n) is 6.57. The number of benzene rings is 2. The van der Waals surface area contributed by atoms with Crippen molar-refractivity contribution in [1.29, 1.82) is 0 Å². The molecule has 0 saturated heterocycles. The molecule has 7 nitrogen and oxygen atoms in total. The second-order valence-corrected chi connectivity index (χ2v) is 6.42. The number of alkyl halides is 3. The number of hydrogen-bond donors (Lipinski definition) is 1. The Morgan fingerprint density at radius 1 is 1.12 bits per heavy atom. The number of nitro groups is 1. The summed E-state index contributed by atoms with van der Waals surface area (Å²) in [5, 5.41) is 11.0. The minimum absolute atomic E-state index is 0.0680. The Bertz CT molecular complexity index is 896. The number of sulfonamides is 1. The normalized spacial score (nSPS) is 11.8. The van der Waals surface area contributed by atoms with Crippen molar-refractivity contribution in [3.05, 3.63) is 58.1 Å². The molecule has 11 heteroatoms. The zero-order chi connectivity index (χ0) is 18.8. The highest BCUT2D eigenvalue weighted by atomic mass is 32.2. The maximum Gasteiger partial charge on any atom is 0.416 e. The van der Waals surface area contributed by atoms with Gasteiger partial charge in [-0.15, -0.1) is 0 Å². The van der Waals surface area contributed by atoms with Crippen LogP contribution in [0.4, 0.5) is 24.5 Å². The predicted octanol–water partition coefficient (Wildman–Crippen LogP) is 3.42. The molecule has 0 radical (unpaired) electrons. The van der Waals surface area contributed by atoms with Gasteiger partial charge in [-0.3, -0.25) is 14.8 Å². The number of methoxy groups -OCH3 is 1. The second-order valence-electron chi connectivity index (χ2n) is 4.77. The van der Waals surface area contributed by atoms with Crippen molar-refractivity contribution in [2.45, 2.75) is 11.1 Å². The zero-order valence-electron chi connectivity index (χ0n) is 12.6. The van der Waals surface area contributed by atoms with Crippen LogP contribution in [0, 0.1) is 10.1 Å². The molecule has 0 aliphatic carbocycles. The number of nitrogens with zero attached hydrogens (tertiary/aromatic N) is 1. The molecule has 134 valence electrons. The summed E-state index contributed by atoms with van der Waals surface area (Å²) in [6.07, 6.45) is -4.57. The van der Waals surface area contributed by atoms with Crippen LogP contribution < -0.4 is 9.46 Å². The van der Waals surface area contributed by atoms with Crippen LogP contribution in [-0.2, 0) is 16.2 Å². The summed E-state index contributed by atoms with van der Waals surface area (Å²) in [7, 11) is -3.17. The van der Waals surface area contributed by atoms with E-state index in [1.54, 1.807) is 0 Å². The summed E-state index contributed by atoms with van der Waals surface area (Å²) in [6.45, 7) is 0. The summed E-state index contributed by atoms with van der Waals surface area (Å²) in [5.41, 5.74) is -1.83. The summed E-state index contributed by atoms with van der Waals surface area (Å²) in [6, 6.07) is 6.33. The van der Waals surface area contributed by atoms with Gasteiger partial charge in [0.2, 0.25) is 0 Å². The Balaban J connectivity index is 2.41. The highest BCUT2D eigenvalue weighted by Crippen LogP contribution is 2.32. The third kappa shape index (κ3) is 4.18. The van der Waals surface area contributed by atoms with Gasteiger partial charge in [0.25, 0.3) is 15.7 Å². The SMILES string of the molecule is COc1ccc([N+](=O)[O-])c(S(=O)(=O)Nc2ccc(C(F)(F)F)cc2)c1. The zero-order valence-corrected chi connectivity index (χ0v) is 13.4. The van der Waals surface area contributed by atoms with Crippen molar-refractivity contribution >= 4 is 21.4 Å². The van der Waals surface area contributed by atoms with Gasteiger partial charge >= 0.3 is 6.18 Å². The number of anilines is 1. The van der Waals surface area contributed by atoms with E-state index in [9.17, 15) is 31.7 Å². The maximum atomic E-state index is 12.5. The van der Waals surface area contributed by atoms with E-state index in [4.69, 9.17) is 4.74 Å². The van der Waals surface area contributed by atoms with E-state index in [2.05, 4.69) is 0 Å². The molecule has 2 aromatic rings. The number of ether oxygens (including phenoxy) is 1. The molecule has 0 heterocycles. The largest absolute Gasteiger partial charge is 0.497 e. The van der Waals surface area contributed by atoms with Crippen molar-refractivity contribution in [1.82, 2.24) is 0 Å². The topological polar surface area (TPSA) is 98.5 Å². The van der Waals surface area contributed by atoms with Gasteiger partial charge in [0.05, 0.1) is 17.6 Å². The Labute approximate surface area is 140 Å². The van der Waals surface area contributed by atoms with Gasteiger partial charge in [0, 0.05) is 17.8 Å². The van der Waals surface area contributed by atoms with Crippen molar-refractivity contribution in [3.63, 3.8) is 0 Å². The number of nitrogens with one attached hydrogen (secondary N) is 1. The molecule has 0 aliphatic heterocycles. The van der Waals surface area contributed by atoms with E-state index in [1.165, 1.54) is 13.2 Å². The highest BCUT2D eigenvalue weighted by molar-refractivity contribution is 7.92. The number of hydrogen-bond acceptors (Lipinski definition) is 5. The van der Waals surface area contributed by atoms with Crippen molar-refractivity contribution in [2.75, 3.05) is 11.8 Å². The van der Waals surface area contributed by atoms with Crippen LogP contribution in [0.1, 0.15) is 5.56 Å². The molecular formula is C14H11F3N2O5S. The standard InChI is InChI=1S/C14H11F3N2O5S/c1-24-11-6-7-12(19(20)21)13(8-11)25(22,23)18-10-4-2-9(3-5-10)14(15,16)17/h2-8,18H,1H3. The van der Waals surface area contributed by atoms with Crippen LogP contribution >= 0.6 is 0 Å². The van der Waals surface area contributed by atoms with Crippen molar-refractivity contribution in [3.8, 4) is 5.75 Å². The Morgan fingerprint density at radius 3 is 2.20 bits per heavy atom. The lowest BCUT2D eigenvalue weighted by Gasteiger charge is -2.11. The molecule has 2 rings (SSSR count). The molecule has 0 aromatic heterocycles. The van der Waals surface area contributed by atoms with Crippen LogP contribution in [-0.4, -0.2) is 20.5 Å². The molecule has 0 spiro atoms. The van der Waals surface area contributed by atoms with E-state index in [1.807, 2.05) is 4.72 Å². The van der Waals surface area contributed by atoms with Gasteiger partial charge in [0.15, 0.2) is 4.90 Å². The van der Waals surface area contributed by atoms with Crippen LogP contribution in [0.25, 0.3) is 0 Å². The number of nitro benzene ring substituents is 1. The lowest BCUT2D eigenvalue weighted by atomic mass is 10.2. The van der Waals surface area contributed by atoms with Crippen molar-refractivity contribution in [2.24, 2.45) is 0 Å². The van der Waals surface area contributed by atoms with E-state index >= 15 is 0 Å². The molecule has 25 heavy (non-hydrogen) atoms. The first kappa shape index (κ1) is 18.5.